The first kappa shape index (κ1) is 50.5. The minimum atomic E-state index is -4.62. The van der Waals surface area contributed by atoms with Crippen LogP contribution in [0.15, 0.2) is 24.3 Å². The van der Waals surface area contributed by atoms with Crippen LogP contribution in [-0.4, -0.2) is 70.0 Å². The zero-order valence-electron chi connectivity index (χ0n) is 34.3. The molecule has 9 nitrogen and oxygen atoms in total. The van der Waals surface area contributed by atoms with Crippen LogP contribution in [0.1, 0.15) is 181 Å². The van der Waals surface area contributed by atoms with Crippen molar-refractivity contribution in [3.8, 4) is 0 Å². The maximum absolute atomic E-state index is 12.6. The molecule has 0 aromatic rings. The van der Waals surface area contributed by atoms with Crippen LogP contribution in [0.4, 0.5) is 0 Å². The highest BCUT2D eigenvalue weighted by Gasteiger charge is 2.21. The second-order valence-electron chi connectivity index (χ2n) is 15.3. The van der Waals surface area contributed by atoms with E-state index in [9.17, 15) is 19.0 Å². The Balaban J connectivity index is 4.39. The lowest BCUT2D eigenvalue weighted by atomic mass is 10.1. The normalized spacial score (nSPS) is 13.9. The maximum Gasteiger partial charge on any atom is 0.306 e. The number of quaternary nitrogens is 1. The molecule has 0 aliphatic heterocycles. The van der Waals surface area contributed by atoms with Crippen LogP contribution in [0.5, 0.6) is 0 Å². The molecule has 1 unspecified atom stereocenters. The van der Waals surface area contributed by atoms with Crippen molar-refractivity contribution in [2.75, 3.05) is 47.5 Å². The van der Waals surface area contributed by atoms with Crippen molar-refractivity contribution >= 4 is 19.8 Å². The van der Waals surface area contributed by atoms with Crippen LogP contribution < -0.4 is 4.89 Å². The summed E-state index contributed by atoms with van der Waals surface area (Å²) in [6.45, 7) is 4.18. The van der Waals surface area contributed by atoms with Crippen LogP contribution in [0.3, 0.4) is 0 Å². The molecule has 52 heavy (non-hydrogen) atoms. The Labute approximate surface area is 319 Å². The minimum Gasteiger partial charge on any atom is -0.756 e. The van der Waals surface area contributed by atoms with E-state index in [2.05, 4.69) is 38.2 Å². The third-order valence-electron chi connectivity index (χ3n) is 8.94. The number of phosphoric ester groups is 1. The second kappa shape index (κ2) is 35.2. The van der Waals surface area contributed by atoms with Crippen LogP contribution in [0.25, 0.3) is 0 Å². The quantitative estimate of drug-likeness (QED) is 0.0201. The van der Waals surface area contributed by atoms with Crippen molar-refractivity contribution in [1.82, 2.24) is 0 Å². The van der Waals surface area contributed by atoms with Gasteiger partial charge in [-0.05, 0) is 64.2 Å². The summed E-state index contributed by atoms with van der Waals surface area (Å²) >= 11 is 0. The van der Waals surface area contributed by atoms with Gasteiger partial charge in [0.2, 0.25) is 0 Å². The molecule has 0 heterocycles. The lowest BCUT2D eigenvalue weighted by Crippen LogP contribution is -2.37. The summed E-state index contributed by atoms with van der Waals surface area (Å²) in [5.41, 5.74) is 0. The van der Waals surface area contributed by atoms with Gasteiger partial charge in [-0.25, -0.2) is 0 Å². The van der Waals surface area contributed by atoms with Gasteiger partial charge >= 0.3 is 11.9 Å². The maximum atomic E-state index is 12.6. The van der Waals surface area contributed by atoms with E-state index in [0.29, 0.717) is 17.4 Å². The number of rotatable bonds is 38. The first-order valence-electron chi connectivity index (χ1n) is 21.0. The Kier molecular flexibility index (Phi) is 34.2. The van der Waals surface area contributed by atoms with Crippen molar-refractivity contribution < 1.29 is 42.1 Å². The van der Waals surface area contributed by atoms with E-state index in [1.807, 2.05) is 21.1 Å². The van der Waals surface area contributed by atoms with E-state index in [1.165, 1.54) is 83.5 Å². The number of ether oxygens (including phenoxy) is 2. The highest BCUT2D eigenvalue weighted by atomic mass is 31.2. The zero-order chi connectivity index (χ0) is 38.6. The number of nitrogens with zero attached hydrogens (tertiary/aromatic N) is 1. The molecule has 0 bridgehead atoms. The first-order valence-corrected chi connectivity index (χ1v) is 22.5. The number of hydrogen-bond acceptors (Lipinski definition) is 8. The van der Waals surface area contributed by atoms with Gasteiger partial charge in [-0.15, -0.1) is 0 Å². The Hall–Kier alpha value is -1.51. The smallest absolute Gasteiger partial charge is 0.306 e. The van der Waals surface area contributed by atoms with Crippen LogP contribution in [0, 0.1) is 0 Å². The van der Waals surface area contributed by atoms with Crippen LogP contribution >= 0.6 is 7.82 Å². The van der Waals surface area contributed by atoms with E-state index in [-0.39, 0.29) is 26.1 Å². The molecule has 0 aromatic carbocycles. The average molecular weight is 758 g/mol. The second-order valence-corrected chi connectivity index (χ2v) is 16.8. The van der Waals surface area contributed by atoms with E-state index in [0.717, 1.165) is 64.2 Å². The van der Waals surface area contributed by atoms with E-state index in [1.54, 1.807) is 0 Å². The predicted molar refractivity (Wildman–Crippen MR) is 213 cm³/mol. The molecule has 306 valence electrons. The summed E-state index contributed by atoms with van der Waals surface area (Å²) < 4.78 is 33.8. The van der Waals surface area contributed by atoms with Crippen molar-refractivity contribution in [2.24, 2.45) is 0 Å². The highest BCUT2D eigenvalue weighted by Crippen LogP contribution is 2.38. The number of carbonyl (C=O) groups excluding carboxylic acids is 2. The summed E-state index contributed by atoms with van der Waals surface area (Å²) in [5, 5.41) is 0. The van der Waals surface area contributed by atoms with Crippen molar-refractivity contribution in [1.29, 1.82) is 0 Å². The lowest BCUT2D eigenvalue weighted by Gasteiger charge is -2.28. The van der Waals surface area contributed by atoms with Crippen molar-refractivity contribution in [3.63, 3.8) is 0 Å². The molecule has 0 saturated heterocycles. The van der Waals surface area contributed by atoms with Gasteiger partial charge in [0, 0.05) is 12.8 Å². The number of esters is 2. The largest absolute Gasteiger partial charge is 0.756 e. The lowest BCUT2D eigenvalue weighted by molar-refractivity contribution is -0.870. The number of allylic oxidation sites excluding steroid dienone is 4. The predicted octanol–water partition coefficient (Wildman–Crippen LogP) is 10.9. The van der Waals surface area contributed by atoms with Gasteiger partial charge in [0.15, 0.2) is 6.10 Å². The fraction of sp³-hybridized carbons (Fsp3) is 0.857. The van der Waals surface area contributed by atoms with Crippen molar-refractivity contribution in [3.05, 3.63) is 24.3 Å². The molecule has 2 atom stereocenters. The summed E-state index contributed by atoms with van der Waals surface area (Å²) in [6, 6.07) is 0. The van der Waals surface area contributed by atoms with Crippen molar-refractivity contribution in [2.45, 2.75) is 187 Å². The molecular formula is C42H80NO8P. The number of hydrogen-bond donors (Lipinski definition) is 0. The van der Waals surface area contributed by atoms with Gasteiger partial charge in [0.05, 0.1) is 27.7 Å². The Morgan fingerprint density at radius 1 is 0.577 bits per heavy atom. The molecule has 0 spiro atoms. The molecular weight excluding hydrogens is 677 g/mol. The van der Waals surface area contributed by atoms with Gasteiger partial charge in [-0.2, -0.15) is 0 Å². The summed E-state index contributed by atoms with van der Waals surface area (Å²) in [5.74, 6) is -0.848. The van der Waals surface area contributed by atoms with Crippen LogP contribution in [-0.2, 0) is 32.7 Å². The molecule has 0 rings (SSSR count). The van der Waals surface area contributed by atoms with E-state index < -0.39 is 32.5 Å². The Morgan fingerprint density at radius 3 is 1.42 bits per heavy atom. The summed E-state index contributed by atoms with van der Waals surface area (Å²) in [7, 11) is 1.16. The molecule has 0 N–H and O–H groups in total. The fourth-order valence-electron chi connectivity index (χ4n) is 5.58. The van der Waals surface area contributed by atoms with Gasteiger partial charge in [-0.1, -0.05) is 128 Å². The Bertz CT molecular complexity index is 949. The number of likely N-dealkylation sites (N-methyl/N-ethyl adjacent to an activating group) is 1. The molecule has 0 aliphatic carbocycles. The third kappa shape index (κ3) is 38.2. The Morgan fingerprint density at radius 2 is 0.981 bits per heavy atom. The molecule has 0 aromatic heterocycles. The first-order chi connectivity index (χ1) is 25.0. The van der Waals surface area contributed by atoms with Gasteiger partial charge < -0.3 is 27.9 Å². The fourth-order valence-corrected chi connectivity index (χ4v) is 6.31. The number of carbonyl (C=O) groups is 2. The monoisotopic (exact) mass is 758 g/mol. The van der Waals surface area contributed by atoms with E-state index >= 15 is 0 Å². The number of phosphoric acid groups is 1. The summed E-state index contributed by atoms with van der Waals surface area (Å²) in [6.07, 6.45) is 36.2. The third-order valence-corrected chi connectivity index (χ3v) is 9.91. The van der Waals surface area contributed by atoms with Gasteiger partial charge in [0.25, 0.3) is 7.82 Å². The zero-order valence-corrected chi connectivity index (χ0v) is 35.2. The standard InChI is InChI=1S/C42H80NO8P/c1-6-8-10-12-14-16-18-20-21-23-24-26-28-30-32-34-41(44)48-38-40(39-50-52(46,47)49-37-36-43(3,4)5)51-42(45)35-33-31-29-27-25-22-19-17-15-13-11-9-7-2/h16-19,40H,6-15,20-39H2,1-5H3/b18-16+,19-17-/t40-/m1/s1. The molecule has 0 amide bonds. The van der Waals surface area contributed by atoms with E-state index in [4.69, 9.17) is 18.5 Å². The molecule has 0 fully saturated rings. The topological polar surface area (TPSA) is 111 Å². The molecule has 10 heteroatoms. The SMILES string of the molecule is CCCCCC/C=C\CCCCCCCC(=O)O[C@H](COC(=O)CCCCCCCCC/C=C/CCCCCC)COP(=O)([O-])OCC[N+](C)(C)C. The average Bonchev–Trinajstić information content (AvgIpc) is 3.09. The molecule has 0 aliphatic rings. The number of unbranched alkanes of at least 4 members (excludes halogenated alkanes) is 20. The minimum absolute atomic E-state index is 0.0321. The highest BCUT2D eigenvalue weighted by molar-refractivity contribution is 7.45. The van der Waals surface area contributed by atoms with Crippen LogP contribution in [0.2, 0.25) is 0 Å². The van der Waals surface area contributed by atoms with Gasteiger partial charge in [-0.3, -0.25) is 14.2 Å². The van der Waals surface area contributed by atoms with Gasteiger partial charge in [0.1, 0.15) is 19.8 Å². The summed E-state index contributed by atoms with van der Waals surface area (Å²) in [4.78, 5) is 37.4. The molecule has 0 radical (unpaired) electrons. The molecule has 0 saturated carbocycles.